The molecule has 0 unspecified atom stereocenters. The molecule has 0 radical (unpaired) electrons. The lowest BCUT2D eigenvalue weighted by Crippen LogP contribution is -2.39. The van der Waals surface area contributed by atoms with Gasteiger partial charge in [0.1, 0.15) is 12.4 Å². The van der Waals surface area contributed by atoms with E-state index in [1.807, 2.05) is 6.92 Å². The van der Waals surface area contributed by atoms with Crippen LogP contribution in [0.25, 0.3) is 0 Å². The first-order valence-corrected chi connectivity index (χ1v) is 10.9. The van der Waals surface area contributed by atoms with Gasteiger partial charge in [-0.25, -0.2) is 18.2 Å². The van der Waals surface area contributed by atoms with Crippen molar-refractivity contribution in [2.75, 3.05) is 31.3 Å². The summed E-state index contributed by atoms with van der Waals surface area (Å²) in [4.78, 5) is 12.4. The van der Waals surface area contributed by atoms with Crippen molar-refractivity contribution in [2.24, 2.45) is 5.10 Å². The Labute approximate surface area is 175 Å². The maximum absolute atomic E-state index is 13.5. The summed E-state index contributed by atoms with van der Waals surface area (Å²) in [5, 5.41) is 4.11. The van der Waals surface area contributed by atoms with Crippen molar-refractivity contribution in [3.63, 3.8) is 0 Å². The van der Waals surface area contributed by atoms with Gasteiger partial charge < -0.3 is 9.47 Å². The fraction of sp³-hybridized carbons (Fsp3) is 0.300. The van der Waals surface area contributed by atoms with Crippen LogP contribution in [0.4, 0.5) is 10.1 Å². The summed E-state index contributed by atoms with van der Waals surface area (Å²) in [6.07, 6.45) is 1.44. The van der Waals surface area contributed by atoms with Crippen LogP contribution in [0.15, 0.2) is 47.6 Å². The molecule has 0 atom stereocenters. The molecular weight excluding hydrogens is 413 g/mol. The standard InChI is InChI=1S/C20H24FN3O5S/c1-5-17(14-9-10-18(28-2)19(11-14)29-3)22-23-20(25)13-24(30(4,26)27)16-8-6-7-15(21)12-16/h6-12H,5,13H2,1-4H3,(H,23,25)/b22-17-. The maximum Gasteiger partial charge on any atom is 0.260 e. The Morgan fingerprint density at radius 2 is 1.83 bits per heavy atom. The number of methoxy groups -OCH3 is 2. The lowest BCUT2D eigenvalue weighted by molar-refractivity contribution is -0.119. The van der Waals surface area contributed by atoms with Gasteiger partial charge in [0.2, 0.25) is 10.0 Å². The van der Waals surface area contributed by atoms with Crippen LogP contribution >= 0.6 is 0 Å². The Morgan fingerprint density at radius 1 is 1.13 bits per heavy atom. The zero-order chi connectivity index (χ0) is 22.3. The van der Waals surface area contributed by atoms with Crippen LogP contribution in [-0.2, 0) is 14.8 Å². The summed E-state index contributed by atoms with van der Waals surface area (Å²) in [5.41, 5.74) is 3.68. The maximum atomic E-state index is 13.5. The van der Waals surface area contributed by atoms with Gasteiger partial charge in [-0.2, -0.15) is 5.10 Å². The highest BCUT2D eigenvalue weighted by Crippen LogP contribution is 2.28. The van der Waals surface area contributed by atoms with Crippen LogP contribution in [0.3, 0.4) is 0 Å². The zero-order valence-corrected chi connectivity index (χ0v) is 18.0. The van der Waals surface area contributed by atoms with Crippen molar-refractivity contribution in [2.45, 2.75) is 13.3 Å². The Bertz CT molecular complexity index is 1040. The van der Waals surface area contributed by atoms with Crippen molar-refractivity contribution in [3.05, 3.63) is 53.8 Å². The lowest BCUT2D eigenvalue weighted by atomic mass is 10.1. The molecule has 0 spiro atoms. The van der Waals surface area contributed by atoms with Gasteiger partial charge in [-0.15, -0.1) is 0 Å². The van der Waals surface area contributed by atoms with E-state index in [-0.39, 0.29) is 5.69 Å². The number of ether oxygens (including phenoxy) is 2. The van der Waals surface area contributed by atoms with Gasteiger partial charge in [-0.05, 0) is 42.8 Å². The quantitative estimate of drug-likeness (QED) is 0.480. The molecule has 1 N–H and O–H groups in total. The number of halogens is 1. The third-order valence-corrected chi connectivity index (χ3v) is 5.29. The predicted octanol–water partition coefficient (Wildman–Crippen LogP) is 2.54. The second-order valence-electron chi connectivity index (χ2n) is 6.27. The smallest absolute Gasteiger partial charge is 0.260 e. The Hall–Kier alpha value is -3.14. The normalized spacial score (nSPS) is 11.7. The molecule has 0 saturated heterocycles. The number of hydrogen-bond acceptors (Lipinski definition) is 6. The molecular formula is C20H24FN3O5S. The van der Waals surface area contributed by atoms with Gasteiger partial charge in [-0.1, -0.05) is 13.0 Å². The summed E-state index contributed by atoms with van der Waals surface area (Å²) in [6.45, 7) is 1.31. The number of nitrogens with zero attached hydrogens (tertiary/aromatic N) is 2. The highest BCUT2D eigenvalue weighted by Gasteiger charge is 2.21. The minimum atomic E-state index is -3.82. The topological polar surface area (TPSA) is 97.3 Å². The van der Waals surface area contributed by atoms with E-state index in [1.54, 1.807) is 18.2 Å². The number of carbonyl (C=O) groups excluding carboxylic acids is 1. The second kappa shape index (κ2) is 10.1. The molecule has 1 amide bonds. The van der Waals surface area contributed by atoms with Gasteiger partial charge in [-0.3, -0.25) is 9.10 Å². The third-order valence-electron chi connectivity index (χ3n) is 4.15. The molecule has 0 aromatic heterocycles. The highest BCUT2D eigenvalue weighted by atomic mass is 32.2. The largest absolute Gasteiger partial charge is 0.493 e. The first kappa shape index (κ1) is 23.1. The van der Waals surface area contributed by atoms with Gasteiger partial charge >= 0.3 is 0 Å². The van der Waals surface area contributed by atoms with E-state index >= 15 is 0 Å². The zero-order valence-electron chi connectivity index (χ0n) is 17.2. The summed E-state index contributed by atoms with van der Waals surface area (Å²) < 4.78 is 49.0. The van der Waals surface area contributed by atoms with E-state index in [0.717, 1.165) is 16.6 Å². The van der Waals surface area contributed by atoms with Crippen molar-refractivity contribution < 1.29 is 27.1 Å². The summed E-state index contributed by atoms with van der Waals surface area (Å²) >= 11 is 0. The second-order valence-corrected chi connectivity index (χ2v) is 8.17. The van der Waals surface area contributed by atoms with E-state index in [9.17, 15) is 17.6 Å². The molecule has 0 aliphatic carbocycles. The van der Waals surface area contributed by atoms with E-state index in [1.165, 1.54) is 32.4 Å². The number of nitrogens with one attached hydrogen (secondary N) is 1. The summed E-state index contributed by atoms with van der Waals surface area (Å²) in [6, 6.07) is 10.2. The number of hydrazone groups is 1. The number of benzene rings is 2. The van der Waals surface area contributed by atoms with E-state index in [0.29, 0.717) is 29.2 Å². The van der Waals surface area contributed by atoms with Crippen molar-refractivity contribution in [1.29, 1.82) is 0 Å². The summed E-state index contributed by atoms with van der Waals surface area (Å²) in [7, 11) is -0.777. The fourth-order valence-corrected chi connectivity index (χ4v) is 3.54. The van der Waals surface area contributed by atoms with Crippen LogP contribution in [0, 0.1) is 5.82 Å². The molecule has 0 aliphatic rings. The number of rotatable bonds is 9. The average molecular weight is 437 g/mol. The van der Waals surface area contributed by atoms with Crippen molar-refractivity contribution >= 4 is 27.3 Å². The lowest BCUT2D eigenvalue weighted by Gasteiger charge is -2.21. The molecule has 2 rings (SSSR count). The Balaban J connectivity index is 2.21. The number of amides is 1. The fourth-order valence-electron chi connectivity index (χ4n) is 2.69. The molecule has 0 saturated carbocycles. The Morgan fingerprint density at radius 3 is 2.40 bits per heavy atom. The minimum absolute atomic E-state index is 0.0484. The molecule has 2 aromatic carbocycles. The molecule has 0 bridgehead atoms. The van der Waals surface area contributed by atoms with Crippen LogP contribution in [-0.4, -0.2) is 47.1 Å². The third kappa shape index (κ3) is 5.93. The van der Waals surface area contributed by atoms with Crippen LogP contribution in [0.1, 0.15) is 18.9 Å². The molecule has 162 valence electrons. The molecule has 0 heterocycles. The van der Waals surface area contributed by atoms with Gasteiger partial charge in [0.15, 0.2) is 11.5 Å². The molecule has 2 aromatic rings. The monoisotopic (exact) mass is 437 g/mol. The molecule has 0 fully saturated rings. The van der Waals surface area contributed by atoms with Crippen molar-refractivity contribution in [1.82, 2.24) is 5.43 Å². The average Bonchev–Trinajstić information content (AvgIpc) is 2.71. The number of sulfonamides is 1. The number of anilines is 1. The molecule has 8 nitrogen and oxygen atoms in total. The minimum Gasteiger partial charge on any atom is -0.493 e. The SMILES string of the molecule is CC/C(=N/NC(=O)CN(c1cccc(F)c1)S(C)(=O)=O)c1ccc(OC)c(OC)c1. The van der Waals surface area contributed by atoms with Crippen LogP contribution in [0.5, 0.6) is 11.5 Å². The molecule has 30 heavy (non-hydrogen) atoms. The highest BCUT2D eigenvalue weighted by molar-refractivity contribution is 7.92. The van der Waals surface area contributed by atoms with E-state index in [2.05, 4.69) is 10.5 Å². The number of hydrogen-bond donors (Lipinski definition) is 1. The summed E-state index contributed by atoms with van der Waals surface area (Å²) in [5.74, 6) is -0.214. The molecule has 10 heteroatoms. The van der Waals surface area contributed by atoms with E-state index < -0.39 is 28.3 Å². The van der Waals surface area contributed by atoms with Gasteiger partial charge in [0, 0.05) is 5.56 Å². The predicted molar refractivity (Wildman–Crippen MR) is 113 cm³/mol. The van der Waals surface area contributed by atoms with Crippen molar-refractivity contribution in [3.8, 4) is 11.5 Å². The Kier molecular flexibility index (Phi) is 7.76. The number of carbonyl (C=O) groups is 1. The van der Waals surface area contributed by atoms with Crippen LogP contribution < -0.4 is 19.2 Å². The molecule has 0 aliphatic heterocycles. The van der Waals surface area contributed by atoms with E-state index in [4.69, 9.17) is 9.47 Å². The van der Waals surface area contributed by atoms with Gasteiger partial charge in [0.25, 0.3) is 5.91 Å². The van der Waals surface area contributed by atoms with Crippen LogP contribution in [0.2, 0.25) is 0 Å². The van der Waals surface area contributed by atoms with Gasteiger partial charge in [0.05, 0.1) is 31.9 Å². The first-order valence-electron chi connectivity index (χ1n) is 9.00. The first-order chi connectivity index (χ1) is 14.2.